The van der Waals surface area contributed by atoms with Crippen molar-refractivity contribution in [1.82, 2.24) is 4.90 Å². The minimum absolute atomic E-state index is 0.0266. The van der Waals surface area contributed by atoms with Crippen LogP contribution in [-0.4, -0.2) is 35.1 Å². The zero-order valence-electron chi connectivity index (χ0n) is 8.29. The lowest BCUT2D eigenvalue weighted by molar-refractivity contribution is -0.129. The molecular formula is C10H17NO2. The quantitative estimate of drug-likeness (QED) is 0.614. The van der Waals surface area contributed by atoms with Gasteiger partial charge in [-0.15, -0.1) is 0 Å². The van der Waals surface area contributed by atoms with Crippen molar-refractivity contribution >= 4 is 5.91 Å². The number of allylic oxidation sites excluding steroid dienone is 1. The lowest BCUT2D eigenvalue weighted by atomic mass is 10.1. The largest absolute Gasteiger partial charge is 0.391 e. The van der Waals surface area contributed by atoms with E-state index in [1.165, 1.54) is 0 Å². The number of hydrogen-bond acceptors (Lipinski definition) is 2. The third kappa shape index (κ3) is 3.19. The standard InChI is InChI=1S/C10H17NO2/c1-8(2)6-10(13)11-5-3-4-9(12)7-11/h6,9,12H,3-5,7H2,1-2H3. The van der Waals surface area contributed by atoms with Gasteiger partial charge in [0.15, 0.2) is 0 Å². The zero-order chi connectivity index (χ0) is 9.84. The average Bonchev–Trinajstić information content (AvgIpc) is 2.03. The first kappa shape index (κ1) is 10.3. The van der Waals surface area contributed by atoms with Gasteiger partial charge in [0.1, 0.15) is 0 Å². The van der Waals surface area contributed by atoms with Crippen molar-refractivity contribution in [2.24, 2.45) is 0 Å². The van der Waals surface area contributed by atoms with Gasteiger partial charge < -0.3 is 10.0 Å². The maximum atomic E-state index is 11.5. The zero-order valence-corrected chi connectivity index (χ0v) is 8.29. The van der Waals surface area contributed by atoms with Crippen LogP contribution in [0.5, 0.6) is 0 Å². The number of carbonyl (C=O) groups is 1. The first-order valence-corrected chi connectivity index (χ1v) is 4.71. The molecule has 0 aromatic carbocycles. The molecule has 74 valence electrons. The monoisotopic (exact) mass is 183 g/mol. The van der Waals surface area contributed by atoms with E-state index >= 15 is 0 Å². The Morgan fingerprint density at radius 3 is 2.77 bits per heavy atom. The molecule has 1 unspecified atom stereocenters. The molecule has 0 saturated carbocycles. The van der Waals surface area contributed by atoms with E-state index in [1.54, 1.807) is 11.0 Å². The Labute approximate surface area is 79.0 Å². The number of likely N-dealkylation sites (tertiary alicyclic amines) is 1. The summed E-state index contributed by atoms with van der Waals surface area (Å²) in [5, 5.41) is 9.35. The van der Waals surface area contributed by atoms with Crippen LogP contribution in [0, 0.1) is 0 Å². The Bertz CT molecular complexity index is 219. The second kappa shape index (κ2) is 4.42. The van der Waals surface area contributed by atoms with Crippen molar-refractivity contribution in [1.29, 1.82) is 0 Å². The summed E-state index contributed by atoms with van der Waals surface area (Å²) in [5.41, 5.74) is 1.00. The molecule has 13 heavy (non-hydrogen) atoms. The number of hydrogen-bond donors (Lipinski definition) is 1. The molecule has 1 aliphatic rings. The third-order valence-corrected chi connectivity index (χ3v) is 2.12. The van der Waals surface area contributed by atoms with Crippen LogP contribution < -0.4 is 0 Å². The third-order valence-electron chi connectivity index (χ3n) is 2.12. The van der Waals surface area contributed by atoms with Gasteiger partial charge in [-0.25, -0.2) is 0 Å². The SMILES string of the molecule is CC(C)=CC(=O)N1CCCC(O)C1. The molecule has 0 aromatic heterocycles. The van der Waals surface area contributed by atoms with E-state index in [-0.39, 0.29) is 12.0 Å². The van der Waals surface area contributed by atoms with Crippen molar-refractivity contribution in [2.75, 3.05) is 13.1 Å². The smallest absolute Gasteiger partial charge is 0.246 e. The summed E-state index contributed by atoms with van der Waals surface area (Å²) < 4.78 is 0. The molecule has 3 nitrogen and oxygen atoms in total. The summed E-state index contributed by atoms with van der Waals surface area (Å²) in [5.74, 6) is 0.0266. The molecule has 1 amide bonds. The average molecular weight is 183 g/mol. The number of aliphatic hydroxyl groups excluding tert-OH is 1. The highest BCUT2D eigenvalue weighted by molar-refractivity contribution is 5.88. The molecule has 1 aliphatic heterocycles. The van der Waals surface area contributed by atoms with E-state index < -0.39 is 0 Å². The molecule has 1 fully saturated rings. The Morgan fingerprint density at radius 1 is 1.54 bits per heavy atom. The van der Waals surface area contributed by atoms with Gasteiger partial charge in [-0.1, -0.05) is 5.57 Å². The minimum atomic E-state index is -0.330. The summed E-state index contributed by atoms with van der Waals surface area (Å²) >= 11 is 0. The van der Waals surface area contributed by atoms with Gasteiger partial charge in [-0.05, 0) is 26.7 Å². The number of amides is 1. The van der Waals surface area contributed by atoms with Gasteiger partial charge >= 0.3 is 0 Å². The molecule has 1 N–H and O–H groups in total. The first-order chi connectivity index (χ1) is 6.09. The number of nitrogens with zero attached hydrogens (tertiary/aromatic N) is 1. The Morgan fingerprint density at radius 2 is 2.23 bits per heavy atom. The fraction of sp³-hybridized carbons (Fsp3) is 0.700. The molecule has 1 atom stereocenters. The van der Waals surface area contributed by atoms with Gasteiger partial charge in [0, 0.05) is 19.2 Å². The van der Waals surface area contributed by atoms with Crippen LogP contribution in [-0.2, 0) is 4.79 Å². The van der Waals surface area contributed by atoms with Crippen molar-refractivity contribution in [2.45, 2.75) is 32.8 Å². The van der Waals surface area contributed by atoms with E-state index in [0.29, 0.717) is 6.54 Å². The van der Waals surface area contributed by atoms with Crippen LogP contribution in [0.1, 0.15) is 26.7 Å². The van der Waals surface area contributed by atoms with Gasteiger partial charge in [-0.2, -0.15) is 0 Å². The van der Waals surface area contributed by atoms with E-state index in [1.807, 2.05) is 13.8 Å². The molecular weight excluding hydrogens is 166 g/mol. The van der Waals surface area contributed by atoms with Crippen molar-refractivity contribution in [3.8, 4) is 0 Å². The summed E-state index contributed by atoms with van der Waals surface area (Å²) in [6.07, 6.45) is 3.02. The highest BCUT2D eigenvalue weighted by Gasteiger charge is 2.20. The summed E-state index contributed by atoms with van der Waals surface area (Å²) in [6, 6.07) is 0. The van der Waals surface area contributed by atoms with Crippen LogP contribution in [0.15, 0.2) is 11.6 Å². The molecule has 0 bridgehead atoms. The molecule has 0 radical (unpaired) electrons. The van der Waals surface area contributed by atoms with Crippen molar-refractivity contribution in [3.05, 3.63) is 11.6 Å². The van der Waals surface area contributed by atoms with Crippen molar-refractivity contribution in [3.63, 3.8) is 0 Å². The predicted molar refractivity (Wildman–Crippen MR) is 51.3 cm³/mol. The fourth-order valence-electron chi connectivity index (χ4n) is 1.49. The van der Waals surface area contributed by atoms with Crippen LogP contribution in [0.2, 0.25) is 0 Å². The van der Waals surface area contributed by atoms with E-state index in [2.05, 4.69) is 0 Å². The molecule has 1 saturated heterocycles. The maximum absolute atomic E-state index is 11.5. The second-order valence-corrected chi connectivity index (χ2v) is 3.80. The first-order valence-electron chi connectivity index (χ1n) is 4.71. The van der Waals surface area contributed by atoms with Gasteiger partial charge in [-0.3, -0.25) is 4.79 Å². The van der Waals surface area contributed by atoms with E-state index in [9.17, 15) is 9.90 Å². The van der Waals surface area contributed by atoms with Crippen LogP contribution in [0.25, 0.3) is 0 Å². The Kier molecular flexibility index (Phi) is 3.48. The van der Waals surface area contributed by atoms with Crippen LogP contribution in [0.4, 0.5) is 0 Å². The summed E-state index contributed by atoms with van der Waals surface area (Å²) in [7, 11) is 0. The van der Waals surface area contributed by atoms with E-state index in [4.69, 9.17) is 0 Å². The highest BCUT2D eigenvalue weighted by atomic mass is 16.3. The predicted octanol–water partition coefficient (Wildman–Crippen LogP) is 0.936. The van der Waals surface area contributed by atoms with Crippen LogP contribution >= 0.6 is 0 Å². The number of carbonyl (C=O) groups excluding carboxylic acids is 1. The number of piperidine rings is 1. The lowest BCUT2D eigenvalue weighted by Gasteiger charge is -2.29. The normalized spacial score (nSPS) is 22.7. The second-order valence-electron chi connectivity index (χ2n) is 3.80. The summed E-state index contributed by atoms with van der Waals surface area (Å²) in [6.45, 7) is 5.07. The Balaban J connectivity index is 2.51. The molecule has 1 rings (SSSR count). The number of β-amino-alcohol motifs (C(OH)–C–C–N with tert-alkyl or cyclic N) is 1. The van der Waals surface area contributed by atoms with Crippen LogP contribution in [0.3, 0.4) is 0 Å². The van der Waals surface area contributed by atoms with Gasteiger partial charge in [0.05, 0.1) is 6.10 Å². The maximum Gasteiger partial charge on any atom is 0.246 e. The number of aliphatic hydroxyl groups is 1. The van der Waals surface area contributed by atoms with Gasteiger partial charge in [0.2, 0.25) is 5.91 Å². The lowest BCUT2D eigenvalue weighted by Crippen LogP contribution is -2.41. The molecule has 1 heterocycles. The van der Waals surface area contributed by atoms with Crippen molar-refractivity contribution < 1.29 is 9.90 Å². The minimum Gasteiger partial charge on any atom is -0.391 e. The molecule has 0 aliphatic carbocycles. The molecule has 0 spiro atoms. The topological polar surface area (TPSA) is 40.5 Å². The highest BCUT2D eigenvalue weighted by Crippen LogP contribution is 2.10. The number of rotatable bonds is 1. The summed E-state index contributed by atoms with van der Waals surface area (Å²) in [4.78, 5) is 13.2. The Hall–Kier alpha value is -0.830. The van der Waals surface area contributed by atoms with Gasteiger partial charge in [0.25, 0.3) is 0 Å². The molecule has 0 aromatic rings. The van der Waals surface area contributed by atoms with E-state index in [0.717, 1.165) is 25.0 Å². The molecule has 3 heteroatoms. The fourth-order valence-corrected chi connectivity index (χ4v) is 1.49.